The molecule has 0 radical (unpaired) electrons. The first-order valence-corrected chi connectivity index (χ1v) is 9.17. The summed E-state index contributed by atoms with van der Waals surface area (Å²) in [6.45, 7) is 3.21. The molecule has 0 atom stereocenters. The summed E-state index contributed by atoms with van der Waals surface area (Å²) in [5.41, 5.74) is 0.167. The number of carbonyl (C=O) groups excluding carboxylic acids is 1. The number of sulfonamides is 1. The molecule has 0 amide bonds. The molecule has 0 bridgehead atoms. The predicted octanol–water partition coefficient (Wildman–Crippen LogP) is -0.976. The Bertz CT molecular complexity index is 742. The molecule has 1 aromatic heterocycles. The zero-order chi connectivity index (χ0) is 16.3. The average molecular weight is 337 g/mol. The van der Waals surface area contributed by atoms with Crippen LogP contribution in [0, 0.1) is 6.92 Å². The average Bonchev–Trinajstić information content (AvgIpc) is 2.36. The quantitative estimate of drug-likeness (QED) is 0.515. The summed E-state index contributed by atoms with van der Waals surface area (Å²) in [5.74, 6) is -2.13. The van der Waals surface area contributed by atoms with Gasteiger partial charge in [0, 0.05) is 6.20 Å². The van der Waals surface area contributed by atoms with Crippen molar-refractivity contribution in [2.24, 2.45) is 5.14 Å². The van der Waals surface area contributed by atoms with E-state index in [1.165, 1.54) is 6.92 Å². The molecular weight excluding hydrogens is 322 g/mol. The first-order valence-electron chi connectivity index (χ1n) is 5.81. The van der Waals surface area contributed by atoms with Crippen LogP contribution in [0.3, 0.4) is 0 Å². The zero-order valence-electron chi connectivity index (χ0n) is 11.4. The van der Waals surface area contributed by atoms with Gasteiger partial charge in [-0.05, 0) is 13.8 Å². The highest BCUT2D eigenvalue weighted by atomic mass is 32.2. The fourth-order valence-electron chi connectivity index (χ4n) is 1.32. The first kappa shape index (κ1) is 17.5. The van der Waals surface area contributed by atoms with Crippen molar-refractivity contribution < 1.29 is 26.4 Å². The van der Waals surface area contributed by atoms with Crippen LogP contribution >= 0.6 is 0 Å². The topological polar surface area (TPSA) is 146 Å². The number of rotatable bonds is 6. The Balaban J connectivity index is 3.05. The predicted molar refractivity (Wildman–Crippen MR) is 72.8 cm³/mol. The van der Waals surface area contributed by atoms with E-state index >= 15 is 0 Å². The van der Waals surface area contributed by atoms with Crippen LogP contribution in [0.4, 0.5) is 0 Å². The highest BCUT2D eigenvalue weighted by Gasteiger charge is 2.23. The third-order valence-corrected chi connectivity index (χ3v) is 4.89. The van der Waals surface area contributed by atoms with Crippen molar-refractivity contribution in [2.75, 3.05) is 18.1 Å². The van der Waals surface area contributed by atoms with E-state index in [0.717, 1.165) is 6.20 Å². The molecule has 0 aliphatic heterocycles. The molecule has 0 fully saturated rings. The number of aryl methyl sites for hydroxylation is 1. The number of primary sulfonamides is 1. The van der Waals surface area contributed by atoms with Crippen LogP contribution in [-0.2, 0) is 24.6 Å². The SMILES string of the molecule is CCOC(=O)c1cnc(S(=O)(=O)CCS(N)(=O)=O)nc1C. The maximum Gasteiger partial charge on any atom is 0.341 e. The minimum atomic E-state index is -4.00. The number of nitrogens with zero attached hydrogens (tertiary/aromatic N) is 2. The van der Waals surface area contributed by atoms with E-state index in [2.05, 4.69) is 9.97 Å². The minimum absolute atomic E-state index is 0.0437. The number of carbonyl (C=O) groups is 1. The third kappa shape index (κ3) is 5.02. The highest BCUT2D eigenvalue weighted by molar-refractivity contribution is 7.94. The van der Waals surface area contributed by atoms with Gasteiger partial charge in [0.25, 0.3) is 0 Å². The van der Waals surface area contributed by atoms with Gasteiger partial charge in [-0.3, -0.25) is 0 Å². The number of nitrogens with two attached hydrogens (primary N) is 1. The van der Waals surface area contributed by atoms with Crippen LogP contribution in [0.1, 0.15) is 23.0 Å². The van der Waals surface area contributed by atoms with Gasteiger partial charge in [0.2, 0.25) is 25.0 Å². The lowest BCUT2D eigenvalue weighted by atomic mass is 10.2. The van der Waals surface area contributed by atoms with E-state index in [0.29, 0.717) is 0 Å². The second kappa shape index (κ2) is 6.45. The number of aromatic nitrogens is 2. The molecule has 9 nitrogen and oxygen atoms in total. The van der Waals surface area contributed by atoms with Crippen molar-refractivity contribution in [1.29, 1.82) is 0 Å². The molecule has 1 aromatic rings. The number of esters is 1. The summed E-state index contributed by atoms with van der Waals surface area (Å²) in [7, 11) is -7.92. The molecular formula is C10H15N3O6S2. The Hall–Kier alpha value is -1.59. The minimum Gasteiger partial charge on any atom is -0.462 e. The molecule has 1 heterocycles. The van der Waals surface area contributed by atoms with E-state index in [-0.39, 0.29) is 17.9 Å². The summed E-state index contributed by atoms with van der Waals surface area (Å²) < 4.78 is 50.1. The van der Waals surface area contributed by atoms with Crippen LogP contribution in [0.2, 0.25) is 0 Å². The zero-order valence-corrected chi connectivity index (χ0v) is 13.1. The van der Waals surface area contributed by atoms with Crippen LogP contribution < -0.4 is 5.14 Å². The normalized spacial score (nSPS) is 12.1. The summed E-state index contributed by atoms with van der Waals surface area (Å²) in [6.07, 6.45) is 1.03. The monoisotopic (exact) mass is 337 g/mol. The van der Waals surface area contributed by atoms with Crippen molar-refractivity contribution in [3.05, 3.63) is 17.5 Å². The van der Waals surface area contributed by atoms with Gasteiger partial charge in [0.05, 0.1) is 29.4 Å². The number of sulfone groups is 1. The van der Waals surface area contributed by atoms with Crippen molar-refractivity contribution in [3.63, 3.8) is 0 Å². The molecule has 0 aromatic carbocycles. The fraction of sp³-hybridized carbons (Fsp3) is 0.500. The second-order valence-corrected chi connectivity index (χ2v) is 7.79. The third-order valence-electron chi connectivity index (χ3n) is 2.37. The maximum absolute atomic E-state index is 11.9. The summed E-state index contributed by atoms with van der Waals surface area (Å²) in [4.78, 5) is 18.8. The van der Waals surface area contributed by atoms with Gasteiger partial charge in [-0.25, -0.2) is 36.7 Å². The molecule has 11 heteroatoms. The van der Waals surface area contributed by atoms with Crippen LogP contribution in [-0.4, -0.2) is 50.9 Å². The van der Waals surface area contributed by atoms with E-state index < -0.39 is 42.5 Å². The van der Waals surface area contributed by atoms with Gasteiger partial charge in [-0.2, -0.15) is 0 Å². The Morgan fingerprint density at radius 3 is 2.38 bits per heavy atom. The van der Waals surface area contributed by atoms with Gasteiger partial charge >= 0.3 is 5.97 Å². The van der Waals surface area contributed by atoms with Crippen molar-refractivity contribution >= 4 is 25.8 Å². The Kier molecular flexibility index (Phi) is 5.36. The van der Waals surface area contributed by atoms with E-state index in [4.69, 9.17) is 9.88 Å². The molecule has 0 saturated carbocycles. The van der Waals surface area contributed by atoms with Gasteiger partial charge < -0.3 is 4.74 Å². The van der Waals surface area contributed by atoms with E-state index in [9.17, 15) is 21.6 Å². The summed E-state index contributed by atoms with van der Waals surface area (Å²) in [6, 6.07) is 0. The lowest BCUT2D eigenvalue weighted by Crippen LogP contribution is -2.24. The van der Waals surface area contributed by atoms with Gasteiger partial charge in [-0.15, -0.1) is 0 Å². The lowest BCUT2D eigenvalue weighted by molar-refractivity contribution is 0.0524. The molecule has 118 valence electrons. The second-order valence-electron chi connectivity index (χ2n) is 4.06. The molecule has 1 rings (SSSR count). The number of ether oxygens (including phenoxy) is 1. The Morgan fingerprint density at radius 2 is 1.90 bits per heavy atom. The fourth-order valence-corrected chi connectivity index (χ4v) is 3.80. The molecule has 2 N–H and O–H groups in total. The highest BCUT2D eigenvalue weighted by Crippen LogP contribution is 2.11. The summed E-state index contributed by atoms with van der Waals surface area (Å²) in [5, 5.41) is 4.19. The smallest absolute Gasteiger partial charge is 0.341 e. The van der Waals surface area contributed by atoms with E-state index in [1.807, 2.05) is 0 Å². The molecule has 0 unspecified atom stereocenters. The van der Waals surface area contributed by atoms with Crippen molar-refractivity contribution in [1.82, 2.24) is 9.97 Å². The molecule has 0 saturated heterocycles. The Labute approximate surface area is 122 Å². The largest absolute Gasteiger partial charge is 0.462 e. The van der Waals surface area contributed by atoms with Gasteiger partial charge in [0.15, 0.2) is 0 Å². The van der Waals surface area contributed by atoms with Crippen LogP contribution in [0.25, 0.3) is 0 Å². The molecule has 0 aliphatic rings. The maximum atomic E-state index is 11.9. The first-order chi connectivity index (χ1) is 9.57. The number of hydrogen-bond acceptors (Lipinski definition) is 8. The lowest BCUT2D eigenvalue weighted by Gasteiger charge is -2.06. The Morgan fingerprint density at radius 1 is 1.29 bits per heavy atom. The van der Waals surface area contributed by atoms with Crippen molar-refractivity contribution in [2.45, 2.75) is 19.0 Å². The van der Waals surface area contributed by atoms with Crippen molar-refractivity contribution in [3.8, 4) is 0 Å². The standard InChI is InChI=1S/C10H15N3O6S2/c1-3-19-9(14)8-6-12-10(13-7(8)2)20(15,16)4-5-21(11,17)18/h6H,3-5H2,1-2H3,(H2,11,17,18). The summed E-state index contributed by atoms with van der Waals surface area (Å²) >= 11 is 0. The molecule has 21 heavy (non-hydrogen) atoms. The van der Waals surface area contributed by atoms with E-state index in [1.54, 1.807) is 6.92 Å². The number of hydrogen-bond donors (Lipinski definition) is 1. The van der Waals surface area contributed by atoms with Gasteiger partial charge in [-0.1, -0.05) is 0 Å². The van der Waals surface area contributed by atoms with Crippen LogP contribution in [0.15, 0.2) is 11.4 Å². The van der Waals surface area contributed by atoms with Gasteiger partial charge in [0.1, 0.15) is 0 Å². The molecule has 0 aliphatic carbocycles. The molecule has 0 spiro atoms. The van der Waals surface area contributed by atoms with Crippen LogP contribution in [0.5, 0.6) is 0 Å².